The van der Waals surface area contributed by atoms with Crippen molar-refractivity contribution in [2.75, 3.05) is 6.54 Å². The first-order chi connectivity index (χ1) is 6.72. The highest BCUT2D eigenvalue weighted by Crippen LogP contribution is 2.19. The third kappa shape index (κ3) is 4.11. The van der Waals surface area contributed by atoms with Crippen molar-refractivity contribution in [3.63, 3.8) is 0 Å². The maximum Gasteiger partial charge on any atom is 0.123 e. The van der Waals surface area contributed by atoms with E-state index < -0.39 is 0 Å². The van der Waals surface area contributed by atoms with E-state index >= 15 is 0 Å². The van der Waals surface area contributed by atoms with Crippen LogP contribution in [-0.4, -0.2) is 11.8 Å². The summed E-state index contributed by atoms with van der Waals surface area (Å²) in [5.41, 5.74) is 6.49. The van der Waals surface area contributed by atoms with Gasteiger partial charge < -0.3 is 5.73 Å². The molecule has 0 aliphatic heterocycles. The van der Waals surface area contributed by atoms with Gasteiger partial charge in [-0.15, -0.1) is 0 Å². The van der Waals surface area contributed by atoms with E-state index in [9.17, 15) is 4.39 Å². The molecule has 1 unspecified atom stereocenters. The van der Waals surface area contributed by atoms with Crippen molar-refractivity contribution in [3.8, 4) is 0 Å². The molecule has 3 heteroatoms. The molecule has 0 aliphatic carbocycles. The minimum Gasteiger partial charge on any atom is -0.330 e. The fourth-order valence-corrected chi connectivity index (χ4v) is 2.14. The van der Waals surface area contributed by atoms with Crippen LogP contribution in [0.25, 0.3) is 0 Å². The van der Waals surface area contributed by atoms with E-state index in [0.29, 0.717) is 5.25 Å². The zero-order chi connectivity index (χ0) is 10.4. The van der Waals surface area contributed by atoms with Gasteiger partial charge >= 0.3 is 0 Å². The molecule has 14 heavy (non-hydrogen) atoms. The van der Waals surface area contributed by atoms with E-state index in [-0.39, 0.29) is 5.82 Å². The topological polar surface area (TPSA) is 26.0 Å². The van der Waals surface area contributed by atoms with E-state index in [1.54, 1.807) is 12.1 Å². The van der Waals surface area contributed by atoms with E-state index in [2.05, 4.69) is 6.92 Å². The molecule has 0 spiro atoms. The van der Waals surface area contributed by atoms with Crippen molar-refractivity contribution in [3.05, 3.63) is 35.6 Å². The molecule has 0 aliphatic rings. The molecule has 1 rings (SSSR count). The summed E-state index contributed by atoms with van der Waals surface area (Å²) in [6, 6.07) is 6.75. The second kappa shape index (κ2) is 6.04. The minimum absolute atomic E-state index is 0.158. The predicted octanol–water partition coefficient (Wildman–Crippen LogP) is 2.80. The largest absolute Gasteiger partial charge is 0.330 e. The summed E-state index contributed by atoms with van der Waals surface area (Å²) in [4.78, 5) is 0. The van der Waals surface area contributed by atoms with Gasteiger partial charge in [-0.3, -0.25) is 0 Å². The van der Waals surface area contributed by atoms with Gasteiger partial charge in [-0.05, 0) is 30.7 Å². The molecule has 0 fully saturated rings. The van der Waals surface area contributed by atoms with Crippen molar-refractivity contribution in [1.29, 1.82) is 0 Å². The van der Waals surface area contributed by atoms with Gasteiger partial charge in [0.1, 0.15) is 5.82 Å². The van der Waals surface area contributed by atoms with E-state index in [0.717, 1.165) is 24.3 Å². The highest BCUT2D eigenvalue weighted by atomic mass is 32.2. The summed E-state index contributed by atoms with van der Waals surface area (Å²) >= 11 is 1.82. The minimum atomic E-state index is -0.158. The molecule has 0 bridgehead atoms. The Morgan fingerprint density at radius 2 is 2.29 bits per heavy atom. The SMILES string of the molecule is CC(CCN)SCc1cccc(F)c1. The van der Waals surface area contributed by atoms with Crippen LogP contribution in [0.3, 0.4) is 0 Å². The van der Waals surface area contributed by atoms with Gasteiger partial charge in [0.25, 0.3) is 0 Å². The highest BCUT2D eigenvalue weighted by molar-refractivity contribution is 7.99. The summed E-state index contributed by atoms with van der Waals surface area (Å²) in [7, 11) is 0. The third-order valence-corrected chi connectivity index (χ3v) is 3.30. The van der Waals surface area contributed by atoms with Crippen molar-refractivity contribution in [2.45, 2.75) is 24.3 Å². The highest BCUT2D eigenvalue weighted by Gasteiger charge is 2.02. The van der Waals surface area contributed by atoms with Gasteiger partial charge in [-0.1, -0.05) is 19.1 Å². The number of hydrogen-bond acceptors (Lipinski definition) is 2. The fraction of sp³-hybridized carbons (Fsp3) is 0.455. The Kier molecular flexibility index (Phi) is 4.98. The molecular formula is C11H16FNS. The van der Waals surface area contributed by atoms with Crippen LogP contribution in [0.1, 0.15) is 18.9 Å². The number of benzene rings is 1. The van der Waals surface area contributed by atoms with Crippen LogP contribution >= 0.6 is 11.8 Å². The smallest absolute Gasteiger partial charge is 0.123 e. The maximum absolute atomic E-state index is 12.8. The lowest BCUT2D eigenvalue weighted by Crippen LogP contribution is -2.07. The number of thioether (sulfide) groups is 1. The third-order valence-electron chi connectivity index (χ3n) is 2.00. The Labute approximate surface area is 88.9 Å². The second-order valence-corrected chi connectivity index (χ2v) is 4.76. The summed E-state index contributed by atoms with van der Waals surface area (Å²) in [5.74, 6) is 0.702. The van der Waals surface area contributed by atoms with Gasteiger partial charge in [0, 0.05) is 11.0 Å². The molecule has 0 heterocycles. The van der Waals surface area contributed by atoms with E-state index in [1.165, 1.54) is 6.07 Å². The van der Waals surface area contributed by atoms with Crippen molar-refractivity contribution in [2.24, 2.45) is 5.73 Å². The standard InChI is InChI=1S/C11H16FNS/c1-9(5-6-13)14-8-10-3-2-4-11(12)7-10/h2-4,7,9H,5-6,8,13H2,1H3. The van der Waals surface area contributed by atoms with Crippen LogP contribution in [0.4, 0.5) is 4.39 Å². The van der Waals surface area contributed by atoms with Crippen molar-refractivity contribution in [1.82, 2.24) is 0 Å². The summed E-state index contributed by atoms with van der Waals surface area (Å²) < 4.78 is 12.8. The molecule has 1 atom stereocenters. The summed E-state index contributed by atoms with van der Waals surface area (Å²) in [5, 5.41) is 0.545. The zero-order valence-electron chi connectivity index (χ0n) is 8.37. The molecular weight excluding hydrogens is 197 g/mol. The molecule has 0 saturated heterocycles. The first-order valence-corrected chi connectivity index (χ1v) is 5.83. The van der Waals surface area contributed by atoms with Gasteiger partial charge in [-0.25, -0.2) is 4.39 Å². The van der Waals surface area contributed by atoms with Crippen molar-refractivity contribution < 1.29 is 4.39 Å². The Morgan fingerprint density at radius 1 is 1.50 bits per heavy atom. The molecule has 1 aromatic rings. The molecule has 1 aromatic carbocycles. The number of nitrogens with two attached hydrogens (primary N) is 1. The average molecular weight is 213 g/mol. The molecule has 0 saturated carbocycles. The Balaban J connectivity index is 2.37. The lowest BCUT2D eigenvalue weighted by Gasteiger charge is -2.09. The zero-order valence-corrected chi connectivity index (χ0v) is 9.19. The van der Waals surface area contributed by atoms with Crippen LogP contribution in [0.5, 0.6) is 0 Å². The molecule has 0 radical (unpaired) electrons. The van der Waals surface area contributed by atoms with Crippen LogP contribution in [0.2, 0.25) is 0 Å². The first-order valence-electron chi connectivity index (χ1n) is 4.78. The van der Waals surface area contributed by atoms with Crippen molar-refractivity contribution >= 4 is 11.8 Å². The molecule has 78 valence electrons. The van der Waals surface area contributed by atoms with Gasteiger partial charge in [0.05, 0.1) is 0 Å². The molecule has 1 nitrogen and oxygen atoms in total. The van der Waals surface area contributed by atoms with Crippen LogP contribution in [-0.2, 0) is 5.75 Å². The fourth-order valence-electron chi connectivity index (χ4n) is 1.18. The molecule has 2 N–H and O–H groups in total. The van der Waals surface area contributed by atoms with E-state index in [1.807, 2.05) is 17.8 Å². The molecule has 0 amide bonds. The average Bonchev–Trinajstić information content (AvgIpc) is 2.15. The van der Waals surface area contributed by atoms with Gasteiger partial charge in [0.2, 0.25) is 0 Å². The molecule has 0 aromatic heterocycles. The van der Waals surface area contributed by atoms with Gasteiger partial charge in [-0.2, -0.15) is 11.8 Å². The quantitative estimate of drug-likeness (QED) is 0.814. The Morgan fingerprint density at radius 3 is 2.93 bits per heavy atom. The first kappa shape index (κ1) is 11.5. The predicted molar refractivity (Wildman–Crippen MR) is 60.8 cm³/mol. The van der Waals surface area contributed by atoms with Crippen LogP contribution < -0.4 is 5.73 Å². The Hall–Kier alpha value is -0.540. The van der Waals surface area contributed by atoms with Gasteiger partial charge in [0.15, 0.2) is 0 Å². The Bertz CT molecular complexity index is 278. The van der Waals surface area contributed by atoms with Crippen LogP contribution in [0, 0.1) is 5.82 Å². The number of rotatable bonds is 5. The second-order valence-electron chi connectivity index (χ2n) is 3.33. The maximum atomic E-state index is 12.8. The van der Waals surface area contributed by atoms with Crippen LogP contribution in [0.15, 0.2) is 24.3 Å². The lowest BCUT2D eigenvalue weighted by atomic mass is 10.2. The number of hydrogen-bond donors (Lipinski definition) is 1. The monoisotopic (exact) mass is 213 g/mol. The normalized spacial score (nSPS) is 12.8. The lowest BCUT2D eigenvalue weighted by molar-refractivity contribution is 0.626. The summed E-state index contributed by atoms with van der Waals surface area (Å²) in [6.07, 6.45) is 1.01. The summed E-state index contributed by atoms with van der Waals surface area (Å²) in [6.45, 7) is 2.87. The number of halogens is 1. The van der Waals surface area contributed by atoms with E-state index in [4.69, 9.17) is 5.73 Å².